The Balaban J connectivity index is 1.74. The van der Waals surface area contributed by atoms with Gasteiger partial charge >= 0.3 is 0 Å². The molecule has 106 valence electrons. The molecule has 0 radical (unpaired) electrons. The van der Waals surface area contributed by atoms with Crippen molar-refractivity contribution in [3.05, 3.63) is 18.1 Å². The topological polar surface area (TPSA) is 61.3 Å². The largest absolute Gasteiger partial charge is 0.390 e. The lowest BCUT2D eigenvalue weighted by Crippen LogP contribution is -2.39. The maximum atomic E-state index is 10.0. The van der Waals surface area contributed by atoms with Crippen molar-refractivity contribution in [1.82, 2.24) is 14.9 Å². The van der Waals surface area contributed by atoms with Gasteiger partial charge in [-0.15, -0.1) is 0 Å². The van der Waals surface area contributed by atoms with Crippen molar-refractivity contribution in [2.75, 3.05) is 31.5 Å². The molecule has 1 aliphatic heterocycles. The molecule has 0 saturated carbocycles. The molecule has 0 aromatic carbocycles. The van der Waals surface area contributed by atoms with E-state index in [2.05, 4.69) is 27.1 Å². The van der Waals surface area contributed by atoms with Crippen LogP contribution in [0.3, 0.4) is 0 Å². The standard InChI is InChI=1S/C14H24N4O/c1-2-12-8-14(17-11-16-12)15-9-13(19)10-18-6-4-3-5-7-18/h8,11,13,19H,2-7,9-10H2,1H3,(H,15,16,17). The Kier molecular flexibility index (Phi) is 5.54. The molecule has 0 bridgehead atoms. The van der Waals surface area contributed by atoms with Gasteiger partial charge in [0.15, 0.2) is 0 Å². The van der Waals surface area contributed by atoms with Crippen LogP contribution in [0.5, 0.6) is 0 Å². The van der Waals surface area contributed by atoms with Gasteiger partial charge in [0.2, 0.25) is 0 Å². The van der Waals surface area contributed by atoms with Crippen molar-refractivity contribution in [1.29, 1.82) is 0 Å². The number of β-amino-alcohol motifs (C(OH)–C–C–N with tert-alkyl or cyclic N) is 1. The fourth-order valence-electron chi connectivity index (χ4n) is 2.41. The summed E-state index contributed by atoms with van der Waals surface area (Å²) >= 11 is 0. The Bertz CT molecular complexity index is 379. The molecule has 2 rings (SSSR count). The number of aromatic nitrogens is 2. The number of aliphatic hydroxyl groups is 1. The third-order valence-electron chi connectivity index (χ3n) is 3.52. The summed E-state index contributed by atoms with van der Waals surface area (Å²) in [5.74, 6) is 0.796. The first-order valence-corrected chi connectivity index (χ1v) is 7.23. The molecule has 19 heavy (non-hydrogen) atoms. The molecular weight excluding hydrogens is 240 g/mol. The van der Waals surface area contributed by atoms with Crippen molar-refractivity contribution < 1.29 is 5.11 Å². The summed E-state index contributed by atoms with van der Waals surface area (Å²) in [6, 6.07) is 1.94. The second-order valence-corrected chi connectivity index (χ2v) is 5.14. The van der Waals surface area contributed by atoms with E-state index in [1.807, 2.05) is 6.07 Å². The van der Waals surface area contributed by atoms with Crippen LogP contribution in [0.15, 0.2) is 12.4 Å². The molecule has 1 saturated heterocycles. The van der Waals surface area contributed by atoms with Gasteiger partial charge in [-0.05, 0) is 32.4 Å². The van der Waals surface area contributed by atoms with Gasteiger partial charge in [0, 0.05) is 24.8 Å². The van der Waals surface area contributed by atoms with Crippen LogP contribution < -0.4 is 5.32 Å². The fourth-order valence-corrected chi connectivity index (χ4v) is 2.41. The van der Waals surface area contributed by atoms with E-state index in [4.69, 9.17) is 0 Å². The van der Waals surface area contributed by atoms with Crippen molar-refractivity contribution >= 4 is 5.82 Å². The van der Waals surface area contributed by atoms with E-state index in [1.54, 1.807) is 6.33 Å². The van der Waals surface area contributed by atoms with Crippen LogP contribution in [0.2, 0.25) is 0 Å². The molecule has 0 aliphatic carbocycles. The summed E-state index contributed by atoms with van der Waals surface area (Å²) in [4.78, 5) is 10.7. The van der Waals surface area contributed by atoms with E-state index in [1.165, 1.54) is 19.3 Å². The summed E-state index contributed by atoms with van der Waals surface area (Å²) in [6.45, 7) is 5.59. The summed E-state index contributed by atoms with van der Waals surface area (Å²) in [5, 5.41) is 13.2. The highest BCUT2D eigenvalue weighted by Crippen LogP contribution is 2.09. The van der Waals surface area contributed by atoms with Crippen molar-refractivity contribution in [3.8, 4) is 0 Å². The van der Waals surface area contributed by atoms with Crippen LogP contribution in [0.25, 0.3) is 0 Å². The van der Waals surface area contributed by atoms with Gasteiger partial charge in [-0.25, -0.2) is 9.97 Å². The number of aliphatic hydroxyl groups excluding tert-OH is 1. The lowest BCUT2D eigenvalue weighted by atomic mass is 10.1. The fraction of sp³-hybridized carbons (Fsp3) is 0.714. The van der Waals surface area contributed by atoms with Gasteiger partial charge in [0.05, 0.1) is 6.10 Å². The predicted molar refractivity (Wildman–Crippen MR) is 76.2 cm³/mol. The third-order valence-corrected chi connectivity index (χ3v) is 3.52. The third kappa shape index (κ3) is 4.76. The smallest absolute Gasteiger partial charge is 0.129 e. The van der Waals surface area contributed by atoms with Crippen LogP contribution in [-0.2, 0) is 6.42 Å². The molecule has 1 fully saturated rings. The highest BCUT2D eigenvalue weighted by molar-refractivity contribution is 5.34. The SMILES string of the molecule is CCc1cc(NCC(O)CN2CCCCC2)ncn1. The Labute approximate surface area is 115 Å². The van der Waals surface area contributed by atoms with Gasteiger partial charge in [0.1, 0.15) is 12.1 Å². The molecule has 0 spiro atoms. The molecule has 1 aliphatic rings. The maximum absolute atomic E-state index is 10.0. The van der Waals surface area contributed by atoms with Gasteiger partial charge in [-0.3, -0.25) is 0 Å². The minimum atomic E-state index is -0.349. The molecule has 1 aromatic rings. The molecule has 1 aromatic heterocycles. The maximum Gasteiger partial charge on any atom is 0.129 e. The number of hydrogen-bond donors (Lipinski definition) is 2. The van der Waals surface area contributed by atoms with Crippen LogP contribution in [-0.4, -0.2) is 52.3 Å². The molecule has 2 N–H and O–H groups in total. The Morgan fingerprint density at radius 2 is 2.11 bits per heavy atom. The Hall–Kier alpha value is -1.20. The molecule has 1 unspecified atom stereocenters. The van der Waals surface area contributed by atoms with E-state index in [9.17, 15) is 5.11 Å². The predicted octanol–water partition coefficient (Wildman–Crippen LogP) is 1.30. The zero-order chi connectivity index (χ0) is 13.5. The number of hydrogen-bond acceptors (Lipinski definition) is 5. The highest BCUT2D eigenvalue weighted by atomic mass is 16.3. The Morgan fingerprint density at radius 3 is 2.84 bits per heavy atom. The van der Waals surface area contributed by atoms with Crippen LogP contribution in [0.1, 0.15) is 31.9 Å². The Morgan fingerprint density at radius 1 is 1.32 bits per heavy atom. The molecule has 1 atom stereocenters. The minimum absolute atomic E-state index is 0.349. The molecule has 2 heterocycles. The first-order valence-electron chi connectivity index (χ1n) is 7.23. The van der Waals surface area contributed by atoms with Crippen molar-refractivity contribution in [2.45, 2.75) is 38.7 Å². The molecule has 0 amide bonds. The highest BCUT2D eigenvalue weighted by Gasteiger charge is 2.14. The number of nitrogens with zero attached hydrogens (tertiary/aromatic N) is 3. The second-order valence-electron chi connectivity index (χ2n) is 5.14. The number of likely N-dealkylation sites (tertiary alicyclic amines) is 1. The van der Waals surface area contributed by atoms with Crippen molar-refractivity contribution in [3.63, 3.8) is 0 Å². The average Bonchev–Trinajstić information content (AvgIpc) is 2.46. The summed E-state index contributed by atoms with van der Waals surface area (Å²) in [7, 11) is 0. The van der Waals surface area contributed by atoms with E-state index in [0.29, 0.717) is 6.54 Å². The lowest BCUT2D eigenvalue weighted by molar-refractivity contribution is 0.109. The van der Waals surface area contributed by atoms with Gasteiger partial charge in [-0.1, -0.05) is 13.3 Å². The van der Waals surface area contributed by atoms with E-state index in [-0.39, 0.29) is 6.10 Å². The van der Waals surface area contributed by atoms with Crippen LogP contribution in [0.4, 0.5) is 5.82 Å². The summed E-state index contributed by atoms with van der Waals surface area (Å²) < 4.78 is 0. The second kappa shape index (κ2) is 7.40. The quantitative estimate of drug-likeness (QED) is 0.811. The summed E-state index contributed by atoms with van der Waals surface area (Å²) in [6.07, 6.45) is 5.95. The number of aryl methyl sites for hydroxylation is 1. The minimum Gasteiger partial charge on any atom is -0.390 e. The van der Waals surface area contributed by atoms with E-state index < -0.39 is 0 Å². The lowest BCUT2D eigenvalue weighted by Gasteiger charge is -2.28. The van der Waals surface area contributed by atoms with E-state index >= 15 is 0 Å². The number of anilines is 1. The number of rotatable bonds is 6. The molecule has 5 heteroatoms. The number of piperidine rings is 1. The first kappa shape index (κ1) is 14.2. The van der Waals surface area contributed by atoms with Crippen LogP contribution in [0, 0.1) is 0 Å². The molecular formula is C14H24N4O. The average molecular weight is 264 g/mol. The number of nitrogens with one attached hydrogen (secondary N) is 1. The normalized spacial score (nSPS) is 18.2. The van der Waals surface area contributed by atoms with Gasteiger partial charge in [0.25, 0.3) is 0 Å². The van der Waals surface area contributed by atoms with Gasteiger partial charge < -0.3 is 15.3 Å². The van der Waals surface area contributed by atoms with Crippen LogP contribution >= 0.6 is 0 Å². The zero-order valence-electron chi connectivity index (χ0n) is 11.7. The monoisotopic (exact) mass is 264 g/mol. The summed E-state index contributed by atoms with van der Waals surface area (Å²) in [5.41, 5.74) is 1.02. The van der Waals surface area contributed by atoms with E-state index in [0.717, 1.165) is 37.6 Å². The van der Waals surface area contributed by atoms with Gasteiger partial charge in [-0.2, -0.15) is 0 Å². The first-order chi connectivity index (χ1) is 9.28. The molecule has 5 nitrogen and oxygen atoms in total. The zero-order valence-corrected chi connectivity index (χ0v) is 11.7. The van der Waals surface area contributed by atoms with Crippen molar-refractivity contribution in [2.24, 2.45) is 0 Å².